The molecule has 0 aliphatic heterocycles. The predicted octanol–water partition coefficient (Wildman–Crippen LogP) is 1.45. The number of aliphatic hydroxyl groups excluding tert-OH is 1. The molecule has 0 spiro atoms. The van der Waals surface area contributed by atoms with Gasteiger partial charge in [0.1, 0.15) is 0 Å². The quantitative estimate of drug-likeness (QED) is 0.660. The van der Waals surface area contributed by atoms with Gasteiger partial charge in [-0.1, -0.05) is 6.92 Å². The third kappa shape index (κ3) is 2.52. The second-order valence-corrected chi connectivity index (χ2v) is 3.65. The van der Waals surface area contributed by atoms with Gasteiger partial charge in [0, 0.05) is 12.3 Å². The first-order valence-electron chi connectivity index (χ1n) is 5.36. The Kier molecular flexibility index (Phi) is 4.31. The molecule has 0 radical (unpaired) electrons. The Bertz CT molecular complexity index is 388. The maximum atomic E-state index is 11.1. The molecule has 0 saturated heterocycles. The first-order valence-corrected chi connectivity index (χ1v) is 5.36. The summed E-state index contributed by atoms with van der Waals surface area (Å²) in [6.45, 7) is 2.00. The average Bonchev–Trinajstić information content (AvgIpc) is 2.25. The third-order valence-electron chi connectivity index (χ3n) is 2.64. The molecular formula is C12H17NO3. The Labute approximate surface area is 94.7 Å². The zero-order valence-electron chi connectivity index (χ0n) is 9.36. The Hall–Kier alpha value is -1.55. The van der Waals surface area contributed by atoms with E-state index < -0.39 is 5.97 Å². The van der Waals surface area contributed by atoms with Crippen LogP contribution in [-0.2, 0) is 12.8 Å². The molecule has 0 saturated carbocycles. The minimum absolute atomic E-state index is 0.0526. The monoisotopic (exact) mass is 223 g/mol. The van der Waals surface area contributed by atoms with Gasteiger partial charge in [0.2, 0.25) is 0 Å². The summed E-state index contributed by atoms with van der Waals surface area (Å²) in [6.07, 6.45) is 1.80. The number of benzene rings is 1. The number of nitrogen functional groups attached to an aromatic ring is 1. The van der Waals surface area contributed by atoms with Crippen LogP contribution in [0.25, 0.3) is 0 Å². The van der Waals surface area contributed by atoms with E-state index in [9.17, 15) is 4.79 Å². The zero-order chi connectivity index (χ0) is 12.1. The second kappa shape index (κ2) is 5.51. The van der Waals surface area contributed by atoms with Gasteiger partial charge >= 0.3 is 5.97 Å². The molecule has 4 heteroatoms. The molecule has 0 aromatic heterocycles. The first-order chi connectivity index (χ1) is 7.61. The molecule has 0 bridgehead atoms. The third-order valence-corrected chi connectivity index (χ3v) is 2.64. The Morgan fingerprint density at radius 3 is 2.56 bits per heavy atom. The number of aliphatic hydroxyl groups is 1. The van der Waals surface area contributed by atoms with E-state index in [-0.39, 0.29) is 6.61 Å². The van der Waals surface area contributed by atoms with Crippen molar-refractivity contribution in [2.24, 2.45) is 0 Å². The number of aromatic carboxylic acids is 1. The Balaban J connectivity index is 3.23. The summed E-state index contributed by atoms with van der Waals surface area (Å²) in [5, 5.41) is 17.9. The highest BCUT2D eigenvalue weighted by molar-refractivity contribution is 5.90. The molecule has 4 nitrogen and oxygen atoms in total. The van der Waals surface area contributed by atoms with Crippen LogP contribution in [0.2, 0.25) is 0 Å². The lowest BCUT2D eigenvalue weighted by atomic mass is 9.94. The molecule has 88 valence electrons. The molecule has 1 aromatic rings. The lowest BCUT2D eigenvalue weighted by Crippen LogP contribution is -2.09. The summed E-state index contributed by atoms with van der Waals surface area (Å²) in [5.41, 5.74) is 8.37. The molecule has 0 fully saturated rings. The summed E-state index contributed by atoms with van der Waals surface area (Å²) in [6, 6.07) is 3.16. The van der Waals surface area contributed by atoms with E-state index in [0.29, 0.717) is 30.5 Å². The summed E-state index contributed by atoms with van der Waals surface area (Å²) in [7, 11) is 0. The van der Waals surface area contributed by atoms with Gasteiger partial charge in [0.05, 0.1) is 5.56 Å². The van der Waals surface area contributed by atoms with E-state index >= 15 is 0 Å². The van der Waals surface area contributed by atoms with Gasteiger partial charge < -0.3 is 15.9 Å². The number of carboxylic acid groups (broad SMARTS) is 1. The number of hydrogen-bond acceptors (Lipinski definition) is 3. The molecule has 0 amide bonds. The number of hydrogen-bond donors (Lipinski definition) is 3. The summed E-state index contributed by atoms with van der Waals surface area (Å²) in [4.78, 5) is 11.1. The van der Waals surface area contributed by atoms with Crippen LogP contribution in [0.15, 0.2) is 12.1 Å². The molecule has 16 heavy (non-hydrogen) atoms. The fourth-order valence-corrected chi connectivity index (χ4v) is 1.87. The smallest absolute Gasteiger partial charge is 0.335 e. The Morgan fingerprint density at radius 2 is 2.06 bits per heavy atom. The molecule has 0 atom stereocenters. The lowest BCUT2D eigenvalue weighted by Gasteiger charge is -2.13. The molecule has 0 aliphatic carbocycles. The highest BCUT2D eigenvalue weighted by atomic mass is 16.4. The molecular weight excluding hydrogens is 206 g/mol. The normalized spacial score (nSPS) is 10.4. The van der Waals surface area contributed by atoms with Crippen LogP contribution in [0.1, 0.15) is 34.8 Å². The van der Waals surface area contributed by atoms with Crippen LogP contribution in [0.5, 0.6) is 0 Å². The zero-order valence-corrected chi connectivity index (χ0v) is 9.36. The van der Waals surface area contributed by atoms with Gasteiger partial charge in [0.15, 0.2) is 0 Å². The van der Waals surface area contributed by atoms with Crippen LogP contribution >= 0.6 is 0 Å². The minimum atomic E-state index is -0.942. The van der Waals surface area contributed by atoms with E-state index in [4.69, 9.17) is 15.9 Å². The van der Waals surface area contributed by atoms with Crippen molar-refractivity contribution in [3.63, 3.8) is 0 Å². The molecule has 1 aromatic carbocycles. The van der Waals surface area contributed by atoms with Crippen molar-refractivity contribution in [3.8, 4) is 0 Å². The fraction of sp³-hybridized carbons (Fsp3) is 0.417. The first kappa shape index (κ1) is 12.5. The molecule has 0 unspecified atom stereocenters. The minimum Gasteiger partial charge on any atom is -0.478 e. The summed E-state index contributed by atoms with van der Waals surface area (Å²) < 4.78 is 0. The topological polar surface area (TPSA) is 83.6 Å². The van der Waals surface area contributed by atoms with Crippen molar-refractivity contribution in [1.29, 1.82) is 0 Å². The SMILES string of the molecule is CCc1c(N)ccc(C(=O)O)c1CCCO. The highest BCUT2D eigenvalue weighted by Gasteiger charge is 2.14. The van der Waals surface area contributed by atoms with E-state index in [1.165, 1.54) is 6.07 Å². The van der Waals surface area contributed by atoms with Gasteiger partial charge in [0.25, 0.3) is 0 Å². The van der Waals surface area contributed by atoms with E-state index in [0.717, 1.165) is 11.1 Å². The van der Waals surface area contributed by atoms with Gasteiger partial charge in [-0.3, -0.25) is 0 Å². The number of carboxylic acids is 1. The van der Waals surface area contributed by atoms with Crippen molar-refractivity contribution >= 4 is 11.7 Å². The maximum absolute atomic E-state index is 11.1. The number of nitrogens with two attached hydrogens (primary N) is 1. The van der Waals surface area contributed by atoms with Gasteiger partial charge in [-0.25, -0.2) is 4.79 Å². The van der Waals surface area contributed by atoms with E-state index in [1.807, 2.05) is 6.92 Å². The maximum Gasteiger partial charge on any atom is 0.335 e. The fourth-order valence-electron chi connectivity index (χ4n) is 1.87. The molecule has 1 rings (SSSR count). The largest absolute Gasteiger partial charge is 0.478 e. The number of anilines is 1. The van der Waals surface area contributed by atoms with Crippen LogP contribution in [0.4, 0.5) is 5.69 Å². The van der Waals surface area contributed by atoms with Crippen molar-refractivity contribution in [1.82, 2.24) is 0 Å². The van der Waals surface area contributed by atoms with Crippen LogP contribution in [0.3, 0.4) is 0 Å². The Morgan fingerprint density at radius 1 is 1.38 bits per heavy atom. The number of rotatable bonds is 5. The molecule has 0 aliphatic rings. The summed E-state index contributed by atoms with van der Waals surface area (Å²) in [5.74, 6) is -0.942. The number of carbonyl (C=O) groups is 1. The summed E-state index contributed by atoms with van der Waals surface area (Å²) >= 11 is 0. The highest BCUT2D eigenvalue weighted by Crippen LogP contribution is 2.23. The van der Waals surface area contributed by atoms with E-state index in [2.05, 4.69) is 0 Å². The van der Waals surface area contributed by atoms with E-state index in [1.54, 1.807) is 6.07 Å². The van der Waals surface area contributed by atoms with Crippen molar-refractivity contribution in [3.05, 3.63) is 28.8 Å². The average molecular weight is 223 g/mol. The van der Waals surface area contributed by atoms with Crippen molar-refractivity contribution in [2.75, 3.05) is 12.3 Å². The second-order valence-electron chi connectivity index (χ2n) is 3.65. The standard InChI is InChI=1S/C12H17NO3/c1-2-8-9(4-3-7-14)10(12(15)16)5-6-11(8)13/h5-6,14H,2-4,7,13H2,1H3,(H,15,16). The van der Waals surface area contributed by atoms with Crippen LogP contribution in [-0.4, -0.2) is 22.8 Å². The van der Waals surface area contributed by atoms with Crippen LogP contribution < -0.4 is 5.73 Å². The lowest BCUT2D eigenvalue weighted by molar-refractivity contribution is 0.0695. The molecule has 4 N–H and O–H groups in total. The van der Waals surface area contributed by atoms with Gasteiger partial charge in [-0.05, 0) is 42.5 Å². The van der Waals surface area contributed by atoms with Crippen molar-refractivity contribution < 1.29 is 15.0 Å². The van der Waals surface area contributed by atoms with Crippen molar-refractivity contribution in [2.45, 2.75) is 26.2 Å². The van der Waals surface area contributed by atoms with Gasteiger partial charge in [-0.15, -0.1) is 0 Å². The molecule has 0 heterocycles. The van der Waals surface area contributed by atoms with Gasteiger partial charge in [-0.2, -0.15) is 0 Å². The van der Waals surface area contributed by atoms with Crippen LogP contribution in [0, 0.1) is 0 Å². The predicted molar refractivity (Wildman–Crippen MR) is 62.6 cm³/mol.